The predicted molar refractivity (Wildman–Crippen MR) is 67.3 cm³/mol. The molecule has 1 aromatic heterocycles. The zero-order valence-electron chi connectivity index (χ0n) is 9.98. The van der Waals surface area contributed by atoms with Crippen LogP contribution in [0.4, 0.5) is 5.82 Å². The Morgan fingerprint density at radius 2 is 2.18 bits per heavy atom. The molecule has 0 amide bonds. The van der Waals surface area contributed by atoms with Crippen LogP contribution in [0.5, 0.6) is 0 Å². The number of rotatable bonds is 2. The molecule has 17 heavy (non-hydrogen) atoms. The van der Waals surface area contributed by atoms with Crippen molar-refractivity contribution in [3.05, 3.63) is 23.9 Å². The fourth-order valence-electron chi connectivity index (χ4n) is 2.06. The first-order valence-electron chi connectivity index (χ1n) is 5.76. The van der Waals surface area contributed by atoms with Crippen molar-refractivity contribution in [3.63, 3.8) is 0 Å². The standard InChI is InChI=1S/C12H18N4O/c1-12(17)4-7-16(8-5-12)11-9(10(13)14)3-2-6-15-11/h2-3,6,17H,4-5,7-8H2,1H3,(H3,13,14). The Bertz CT molecular complexity index is 420. The van der Waals surface area contributed by atoms with Crippen molar-refractivity contribution in [1.82, 2.24) is 4.98 Å². The van der Waals surface area contributed by atoms with E-state index in [-0.39, 0.29) is 5.84 Å². The second-order valence-electron chi connectivity index (χ2n) is 4.77. The van der Waals surface area contributed by atoms with E-state index in [1.54, 1.807) is 18.3 Å². The van der Waals surface area contributed by atoms with Crippen LogP contribution in [0.2, 0.25) is 0 Å². The summed E-state index contributed by atoms with van der Waals surface area (Å²) in [6, 6.07) is 3.58. The van der Waals surface area contributed by atoms with Crippen LogP contribution in [-0.4, -0.2) is 34.6 Å². The lowest BCUT2D eigenvalue weighted by molar-refractivity contribution is 0.0350. The van der Waals surface area contributed by atoms with E-state index in [1.807, 2.05) is 6.92 Å². The minimum Gasteiger partial charge on any atom is -0.390 e. The Balaban J connectivity index is 2.21. The first-order valence-corrected chi connectivity index (χ1v) is 5.76. The molecule has 4 N–H and O–H groups in total. The number of nitrogens with one attached hydrogen (secondary N) is 1. The first-order chi connectivity index (χ1) is 7.99. The number of aromatic nitrogens is 1. The number of aliphatic hydroxyl groups is 1. The number of amidine groups is 1. The number of hydrogen-bond donors (Lipinski definition) is 3. The van der Waals surface area contributed by atoms with Gasteiger partial charge in [-0.1, -0.05) is 0 Å². The quantitative estimate of drug-likeness (QED) is 0.520. The number of anilines is 1. The van der Waals surface area contributed by atoms with Gasteiger partial charge >= 0.3 is 0 Å². The van der Waals surface area contributed by atoms with E-state index in [0.717, 1.165) is 18.9 Å². The van der Waals surface area contributed by atoms with Crippen LogP contribution in [0.25, 0.3) is 0 Å². The van der Waals surface area contributed by atoms with Gasteiger partial charge in [0.2, 0.25) is 0 Å². The highest BCUT2D eigenvalue weighted by Gasteiger charge is 2.28. The molecule has 0 bridgehead atoms. The van der Waals surface area contributed by atoms with Crippen molar-refractivity contribution in [3.8, 4) is 0 Å². The van der Waals surface area contributed by atoms with E-state index >= 15 is 0 Å². The lowest BCUT2D eigenvalue weighted by Gasteiger charge is -2.37. The summed E-state index contributed by atoms with van der Waals surface area (Å²) in [4.78, 5) is 6.37. The predicted octanol–water partition coefficient (Wildman–Crippen LogP) is 0.717. The normalized spacial score (nSPS) is 19.1. The van der Waals surface area contributed by atoms with Crippen molar-refractivity contribution < 1.29 is 5.11 Å². The highest BCUT2D eigenvalue weighted by Crippen LogP contribution is 2.26. The van der Waals surface area contributed by atoms with Gasteiger partial charge in [-0.15, -0.1) is 0 Å². The second-order valence-corrected chi connectivity index (χ2v) is 4.77. The van der Waals surface area contributed by atoms with Gasteiger partial charge in [-0.2, -0.15) is 0 Å². The van der Waals surface area contributed by atoms with Gasteiger partial charge < -0.3 is 15.7 Å². The van der Waals surface area contributed by atoms with Crippen molar-refractivity contribution >= 4 is 11.7 Å². The first kappa shape index (κ1) is 11.9. The van der Waals surface area contributed by atoms with Crippen molar-refractivity contribution in [2.45, 2.75) is 25.4 Å². The maximum absolute atomic E-state index is 9.90. The lowest BCUT2D eigenvalue weighted by Crippen LogP contribution is -2.43. The van der Waals surface area contributed by atoms with Gasteiger partial charge in [-0.05, 0) is 31.9 Å². The zero-order valence-corrected chi connectivity index (χ0v) is 9.98. The molecule has 2 heterocycles. The third-order valence-corrected chi connectivity index (χ3v) is 3.22. The molecular weight excluding hydrogens is 216 g/mol. The topological polar surface area (TPSA) is 86.2 Å². The SMILES string of the molecule is CC1(O)CCN(c2ncccc2C(=N)N)CC1. The number of nitrogens with zero attached hydrogens (tertiary/aromatic N) is 2. The Morgan fingerprint density at radius 1 is 1.53 bits per heavy atom. The van der Waals surface area contributed by atoms with Gasteiger partial charge in [-0.25, -0.2) is 4.98 Å². The summed E-state index contributed by atoms with van der Waals surface area (Å²) in [6.45, 7) is 3.34. The van der Waals surface area contributed by atoms with E-state index in [2.05, 4.69) is 9.88 Å². The highest BCUT2D eigenvalue weighted by molar-refractivity contribution is 5.99. The Kier molecular flexibility index (Phi) is 3.02. The summed E-state index contributed by atoms with van der Waals surface area (Å²) in [5, 5.41) is 17.4. The average molecular weight is 234 g/mol. The molecule has 0 saturated carbocycles. The van der Waals surface area contributed by atoms with Gasteiger partial charge in [0.15, 0.2) is 0 Å². The Hall–Kier alpha value is -1.62. The number of nitrogen functional groups attached to an aromatic ring is 1. The number of piperidine rings is 1. The number of nitrogens with two attached hydrogens (primary N) is 1. The van der Waals surface area contributed by atoms with Crippen LogP contribution in [0.1, 0.15) is 25.3 Å². The molecule has 0 atom stereocenters. The van der Waals surface area contributed by atoms with E-state index in [4.69, 9.17) is 11.1 Å². The van der Waals surface area contributed by atoms with Crippen molar-refractivity contribution in [2.24, 2.45) is 5.73 Å². The van der Waals surface area contributed by atoms with E-state index in [1.165, 1.54) is 0 Å². The summed E-state index contributed by atoms with van der Waals surface area (Å²) in [6.07, 6.45) is 3.12. The minimum absolute atomic E-state index is 0.0328. The molecule has 5 nitrogen and oxygen atoms in total. The zero-order chi connectivity index (χ0) is 12.5. The third kappa shape index (κ3) is 2.55. The Morgan fingerprint density at radius 3 is 2.76 bits per heavy atom. The maximum atomic E-state index is 9.90. The highest BCUT2D eigenvalue weighted by atomic mass is 16.3. The molecule has 2 rings (SSSR count). The van der Waals surface area contributed by atoms with E-state index in [0.29, 0.717) is 18.4 Å². The van der Waals surface area contributed by atoms with Crippen LogP contribution in [0, 0.1) is 5.41 Å². The summed E-state index contributed by atoms with van der Waals surface area (Å²) < 4.78 is 0. The summed E-state index contributed by atoms with van der Waals surface area (Å²) in [5.41, 5.74) is 5.62. The molecule has 1 aliphatic rings. The van der Waals surface area contributed by atoms with Crippen LogP contribution in [0.15, 0.2) is 18.3 Å². The van der Waals surface area contributed by atoms with Crippen LogP contribution < -0.4 is 10.6 Å². The fraction of sp³-hybridized carbons (Fsp3) is 0.500. The molecule has 1 aliphatic heterocycles. The number of pyridine rings is 1. The molecule has 5 heteroatoms. The lowest BCUT2D eigenvalue weighted by atomic mass is 9.93. The smallest absolute Gasteiger partial charge is 0.139 e. The largest absolute Gasteiger partial charge is 0.390 e. The summed E-state index contributed by atoms with van der Waals surface area (Å²) in [7, 11) is 0. The van der Waals surface area contributed by atoms with Gasteiger partial charge in [0.1, 0.15) is 11.7 Å². The number of hydrogen-bond acceptors (Lipinski definition) is 4. The van der Waals surface area contributed by atoms with Crippen LogP contribution in [0.3, 0.4) is 0 Å². The fourth-order valence-corrected chi connectivity index (χ4v) is 2.06. The van der Waals surface area contributed by atoms with E-state index in [9.17, 15) is 5.11 Å². The molecule has 1 fully saturated rings. The molecule has 0 radical (unpaired) electrons. The molecule has 1 saturated heterocycles. The van der Waals surface area contributed by atoms with Crippen LogP contribution in [-0.2, 0) is 0 Å². The average Bonchev–Trinajstić information content (AvgIpc) is 2.29. The second kappa shape index (κ2) is 4.33. The van der Waals surface area contributed by atoms with Crippen molar-refractivity contribution in [2.75, 3.05) is 18.0 Å². The third-order valence-electron chi connectivity index (χ3n) is 3.22. The molecule has 0 unspecified atom stereocenters. The van der Waals surface area contributed by atoms with Gasteiger partial charge in [0, 0.05) is 19.3 Å². The molecule has 0 spiro atoms. The minimum atomic E-state index is -0.582. The van der Waals surface area contributed by atoms with Gasteiger partial charge in [-0.3, -0.25) is 5.41 Å². The molecule has 1 aromatic rings. The summed E-state index contributed by atoms with van der Waals surface area (Å²) >= 11 is 0. The monoisotopic (exact) mass is 234 g/mol. The van der Waals surface area contributed by atoms with Crippen molar-refractivity contribution in [1.29, 1.82) is 5.41 Å². The summed E-state index contributed by atoms with van der Waals surface area (Å²) in [5.74, 6) is 0.779. The van der Waals surface area contributed by atoms with Gasteiger partial charge in [0.25, 0.3) is 0 Å². The molecular formula is C12H18N4O. The molecule has 92 valence electrons. The Labute approximate surface area is 101 Å². The van der Waals surface area contributed by atoms with E-state index < -0.39 is 5.60 Å². The molecule has 0 aromatic carbocycles. The van der Waals surface area contributed by atoms with Gasteiger partial charge in [0.05, 0.1) is 11.2 Å². The molecule has 0 aliphatic carbocycles. The maximum Gasteiger partial charge on any atom is 0.139 e. The van der Waals surface area contributed by atoms with Crippen LogP contribution >= 0.6 is 0 Å².